The van der Waals surface area contributed by atoms with Crippen LogP contribution in [0.3, 0.4) is 0 Å². The van der Waals surface area contributed by atoms with Gasteiger partial charge in [0.2, 0.25) is 0 Å². The van der Waals surface area contributed by atoms with Crippen molar-refractivity contribution in [2.45, 2.75) is 13.0 Å². The van der Waals surface area contributed by atoms with Crippen molar-refractivity contribution in [1.29, 1.82) is 0 Å². The molecule has 0 saturated carbocycles. The summed E-state index contributed by atoms with van der Waals surface area (Å²) in [4.78, 5) is 34.2. The molecule has 2 aliphatic heterocycles. The number of hydrogen-bond donors (Lipinski definition) is 2. The number of aliphatic imine (C=N–C) groups is 1. The van der Waals surface area contributed by atoms with Crippen LogP contribution in [0.5, 0.6) is 0 Å². The third-order valence-corrected chi connectivity index (χ3v) is 6.13. The number of amidine groups is 1. The van der Waals surface area contributed by atoms with Crippen LogP contribution in [0.25, 0.3) is 0 Å². The number of hydrogen-bond acceptors (Lipinski definition) is 9. The smallest absolute Gasteiger partial charge is 0.337 e. The van der Waals surface area contributed by atoms with E-state index in [1.54, 1.807) is 30.2 Å². The van der Waals surface area contributed by atoms with E-state index in [1.165, 1.54) is 23.5 Å². The summed E-state index contributed by atoms with van der Waals surface area (Å²) in [5.41, 5.74) is 1.000. The van der Waals surface area contributed by atoms with Gasteiger partial charge < -0.3 is 19.9 Å². The molecule has 0 spiro atoms. The summed E-state index contributed by atoms with van der Waals surface area (Å²) in [5, 5.41) is 15.1. The second kappa shape index (κ2) is 12.7. The highest BCUT2D eigenvalue weighted by Crippen LogP contribution is 2.18. The van der Waals surface area contributed by atoms with Crippen LogP contribution in [-0.4, -0.2) is 78.3 Å². The minimum atomic E-state index is -0.951. The SMILES string of the molecule is CCOC(=O)C1=C(CN2CCOCC2C(=O)O)NC(c2nccs2)=NC1.Fc1cccc(Br)c1. The molecule has 0 amide bonds. The van der Waals surface area contributed by atoms with E-state index in [0.717, 1.165) is 4.47 Å². The van der Waals surface area contributed by atoms with Crippen LogP contribution in [-0.2, 0) is 19.1 Å². The molecule has 0 aliphatic carbocycles. The summed E-state index contributed by atoms with van der Waals surface area (Å²) < 4.78 is 23.3. The molecule has 0 radical (unpaired) electrons. The van der Waals surface area contributed by atoms with Crippen LogP contribution in [0.1, 0.15) is 11.9 Å². The summed E-state index contributed by atoms with van der Waals surface area (Å²) in [6.45, 7) is 3.44. The third-order valence-electron chi connectivity index (χ3n) is 4.86. The summed E-state index contributed by atoms with van der Waals surface area (Å²) in [6.07, 6.45) is 1.68. The van der Waals surface area contributed by atoms with Crippen molar-refractivity contribution in [2.75, 3.05) is 39.5 Å². The van der Waals surface area contributed by atoms with Gasteiger partial charge in [-0.3, -0.25) is 14.7 Å². The number of carbonyl (C=O) groups is 2. The van der Waals surface area contributed by atoms with Crippen molar-refractivity contribution in [3.8, 4) is 0 Å². The van der Waals surface area contributed by atoms with Gasteiger partial charge in [0.25, 0.3) is 0 Å². The molecule has 1 saturated heterocycles. The first-order chi connectivity index (χ1) is 16.4. The second-order valence-electron chi connectivity index (χ2n) is 7.14. The Bertz CT molecular complexity index is 1050. The first-order valence-corrected chi connectivity index (χ1v) is 12.1. The zero-order valence-corrected chi connectivity index (χ0v) is 20.8. The Hall–Kier alpha value is -2.67. The van der Waals surface area contributed by atoms with Crippen molar-refractivity contribution < 1.29 is 28.6 Å². The average molecular weight is 555 g/mol. The minimum absolute atomic E-state index is 0.116. The maximum absolute atomic E-state index is 12.3. The van der Waals surface area contributed by atoms with Crippen molar-refractivity contribution in [1.82, 2.24) is 15.2 Å². The van der Waals surface area contributed by atoms with Crippen molar-refractivity contribution in [3.63, 3.8) is 0 Å². The molecule has 182 valence electrons. The van der Waals surface area contributed by atoms with Gasteiger partial charge in [0.15, 0.2) is 10.8 Å². The van der Waals surface area contributed by atoms with Crippen LogP contribution in [0, 0.1) is 5.82 Å². The predicted molar refractivity (Wildman–Crippen MR) is 128 cm³/mol. The Morgan fingerprint density at radius 2 is 2.26 bits per heavy atom. The van der Waals surface area contributed by atoms with E-state index in [-0.39, 0.29) is 32.1 Å². The highest BCUT2D eigenvalue weighted by molar-refractivity contribution is 9.10. The number of carbonyl (C=O) groups excluding carboxylic acids is 1. The molecule has 9 nitrogen and oxygen atoms in total. The summed E-state index contributed by atoms with van der Waals surface area (Å²) >= 11 is 4.55. The Morgan fingerprint density at radius 1 is 1.44 bits per heavy atom. The number of morpholine rings is 1. The fourth-order valence-corrected chi connectivity index (χ4v) is 4.20. The molecule has 2 N–H and O–H groups in total. The molecule has 0 bridgehead atoms. The van der Waals surface area contributed by atoms with Crippen LogP contribution in [0.4, 0.5) is 4.39 Å². The van der Waals surface area contributed by atoms with Gasteiger partial charge in [-0.05, 0) is 25.1 Å². The Labute approximate surface area is 208 Å². The number of aliphatic carboxylic acids is 1. The van der Waals surface area contributed by atoms with E-state index in [0.29, 0.717) is 35.3 Å². The van der Waals surface area contributed by atoms with Gasteiger partial charge in [0, 0.05) is 34.8 Å². The number of aromatic nitrogens is 1. The van der Waals surface area contributed by atoms with Crippen molar-refractivity contribution in [2.24, 2.45) is 4.99 Å². The number of esters is 1. The zero-order chi connectivity index (χ0) is 24.5. The molecule has 1 aromatic heterocycles. The molecule has 1 unspecified atom stereocenters. The second-order valence-corrected chi connectivity index (χ2v) is 8.95. The van der Waals surface area contributed by atoms with E-state index >= 15 is 0 Å². The number of thiazole rings is 1. The molecule has 12 heteroatoms. The van der Waals surface area contributed by atoms with E-state index in [9.17, 15) is 19.1 Å². The summed E-state index contributed by atoms with van der Waals surface area (Å²) in [7, 11) is 0. The van der Waals surface area contributed by atoms with E-state index in [4.69, 9.17) is 9.47 Å². The molecule has 34 heavy (non-hydrogen) atoms. The highest BCUT2D eigenvalue weighted by atomic mass is 79.9. The van der Waals surface area contributed by atoms with Crippen LogP contribution >= 0.6 is 27.3 Å². The highest BCUT2D eigenvalue weighted by Gasteiger charge is 2.32. The van der Waals surface area contributed by atoms with Crippen molar-refractivity contribution >= 4 is 45.0 Å². The minimum Gasteiger partial charge on any atom is -0.480 e. The number of rotatable bonds is 6. The lowest BCUT2D eigenvalue weighted by Gasteiger charge is -2.34. The molecule has 1 aromatic carbocycles. The number of ether oxygens (including phenoxy) is 2. The first kappa shape index (κ1) is 25.9. The van der Waals surface area contributed by atoms with Gasteiger partial charge in [0.05, 0.1) is 31.9 Å². The molecular formula is C22H24BrFN4O5S. The summed E-state index contributed by atoms with van der Waals surface area (Å²) in [6, 6.07) is 5.50. The first-order valence-electron chi connectivity index (χ1n) is 10.4. The quantitative estimate of drug-likeness (QED) is 0.524. The molecule has 1 atom stereocenters. The third kappa shape index (κ3) is 7.16. The molecule has 2 aromatic rings. The summed E-state index contributed by atoms with van der Waals surface area (Å²) in [5.74, 6) is -1.03. The Balaban J connectivity index is 0.000000343. The standard InChI is InChI=1S/C16H20N4O5S.C6H4BrF/c1-2-25-16(23)10-7-18-13(14-17-3-6-26-14)19-11(10)8-20-4-5-24-9-12(20)15(21)22;7-5-2-1-3-6(8)4-5/h3,6,12H,2,4-5,7-9H2,1H3,(H,18,19)(H,21,22);1-4H. The van der Waals surface area contributed by atoms with Gasteiger partial charge >= 0.3 is 11.9 Å². The maximum atomic E-state index is 12.3. The van der Waals surface area contributed by atoms with E-state index in [1.807, 2.05) is 5.38 Å². The monoisotopic (exact) mass is 554 g/mol. The van der Waals surface area contributed by atoms with Crippen LogP contribution in [0.15, 0.2) is 56.6 Å². The van der Waals surface area contributed by atoms with E-state index in [2.05, 4.69) is 31.2 Å². The van der Waals surface area contributed by atoms with Crippen LogP contribution < -0.4 is 5.32 Å². The average Bonchev–Trinajstić information content (AvgIpc) is 3.35. The van der Waals surface area contributed by atoms with Gasteiger partial charge in [-0.2, -0.15) is 0 Å². The number of halogens is 2. The van der Waals surface area contributed by atoms with E-state index < -0.39 is 18.0 Å². The number of nitrogens with one attached hydrogen (secondary N) is 1. The predicted octanol–water partition coefficient (Wildman–Crippen LogP) is 2.68. The van der Waals surface area contributed by atoms with Crippen molar-refractivity contribution in [3.05, 3.63) is 62.4 Å². The number of nitrogens with zero attached hydrogens (tertiary/aromatic N) is 3. The lowest BCUT2D eigenvalue weighted by Crippen LogP contribution is -2.52. The topological polar surface area (TPSA) is 113 Å². The molecular weight excluding hydrogens is 531 g/mol. The fraction of sp³-hybridized carbons (Fsp3) is 0.364. The van der Waals surface area contributed by atoms with Gasteiger partial charge in [-0.1, -0.05) is 22.0 Å². The van der Waals surface area contributed by atoms with Gasteiger partial charge in [-0.25, -0.2) is 14.2 Å². The van der Waals surface area contributed by atoms with Gasteiger partial charge in [0.1, 0.15) is 11.9 Å². The number of carboxylic acids is 1. The lowest BCUT2D eigenvalue weighted by atomic mass is 10.1. The molecule has 2 aliphatic rings. The molecule has 4 rings (SSSR count). The zero-order valence-electron chi connectivity index (χ0n) is 18.4. The maximum Gasteiger partial charge on any atom is 0.337 e. The Kier molecular flexibility index (Phi) is 9.69. The molecule has 1 fully saturated rings. The fourth-order valence-electron chi connectivity index (χ4n) is 3.23. The normalized spacial score (nSPS) is 18.3. The lowest BCUT2D eigenvalue weighted by molar-refractivity contribution is -0.149. The largest absolute Gasteiger partial charge is 0.480 e. The van der Waals surface area contributed by atoms with Crippen LogP contribution in [0.2, 0.25) is 0 Å². The number of carboxylic acid groups (broad SMARTS) is 1. The number of benzene rings is 1. The molecule has 3 heterocycles. The van der Waals surface area contributed by atoms with Gasteiger partial charge in [-0.15, -0.1) is 11.3 Å². The Morgan fingerprint density at radius 3 is 2.88 bits per heavy atom.